The summed E-state index contributed by atoms with van der Waals surface area (Å²) < 4.78 is 2.10. The highest BCUT2D eigenvalue weighted by atomic mass is 15.4. The van der Waals surface area contributed by atoms with E-state index in [9.17, 15) is 0 Å². The number of hydrogen-bond donors (Lipinski definition) is 0. The Labute approximate surface area is 112 Å². The summed E-state index contributed by atoms with van der Waals surface area (Å²) in [4.78, 5) is 2.34. The monoisotopic (exact) mass is 251 g/mol. The van der Waals surface area contributed by atoms with Crippen LogP contribution in [0.25, 0.3) is 0 Å². The van der Waals surface area contributed by atoms with Crippen molar-refractivity contribution in [3.8, 4) is 0 Å². The fraction of sp³-hybridized carbons (Fsp3) is 0.800. The fourth-order valence-electron chi connectivity index (χ4n) is 1.99. The summed E-state index contributed by atoms with van der Waals surface area (Å²) in [6, 6.07) is 0. The zero-order valence-corrected chi connectivity index (χ0v) is 13.3. The number of anilines is 1. The smallest absolute Gasteiger partial charge is 0.154 e. The first kappa shape index (κ1) is 15.1. The highest BCUT2D eigenvalue weighted by Crippen LogP contribution is 2.32. The van der Waals surface area contributed by atoms with Crippen LogP contribution in [0.3, 0.4) is 0 Å². The van der Waals surface area contributed by atoms with Gasteiger partial charge in [-0.3, -0.25) is 4.68 Å². The number of hydrogen-bond acceptors (Lipinski definition) is 2. The number of nitrogens with zero attached hydrogens (tertiary/aromatic N) is 3. The van der Waals surface area contributed by atoms with Gasteiger partial charge in [-0.15, -0.1) is 0 Å². The number of aromatic nitrogens is 2. The first-order valence-electron chi connectivity index (χ1n) is 6.96. The van der Waals surface area contributed by atoms with Crippen molar-refractivity contribution >= 4 is 5.82 Å². The van der Waals surface area contributed by atoms with Gasteiger partial charge in [0.15, 0.2) is 5.82 Å². The quantitative estimate of drug-likeness (QED) is 0.815. The predicted octanol–water partition coefficient (Wildman–Crippen LogP) is 3.78. The SMILES string of the molecule is CCN(CC)c1nn(C(C)(C)C)cc1C(C)(C)C. The van der Waals surface area contributed by atoms with Crippen LogP contribution in [0.1, 0.15) is 61.0 Å². The third-order valence-electron chi connectivity index (χ3n) is 3.25. The van der Waals surface area contributed by atoms with E-state index in [1.807, 2.05) is 0 Å². The summed E-state index contributed by atoms with van der Waals surface area (Å²) in [6.07, 6.45) is 2.22. The van der Waals surface area contributed by atoms with Crippen molar-refractivity contribution in [2.75, 3.05) is 18.0 Å². The second kappa shape index (κ2) is 4.94. The minimum Gasteiger partial charge on any atom is -0.355 e. The van der Waals surface area contributed by atoms with E-state index < -0.39 is 0 Å². The van der Waals surface area contributed by atoms with E-state index in [1.165, 1.54) is 5.56 Å². The standard InChI is InChI=1S/C15H29N3/c1-9-17(10-2)13-12(14(3,4)5)11-18(16-13)15(6,7)8/h11H,9-10H2,1-8H3. The Morgan fingerprint density at radius 1 is 1.06 bits per heavy atom. The van der Waals surface area contributed by atoms with Crippen LogP contribution in [0.2, 0.25) is 0 Å². The maximum Gasteiger partial charge on any atom is 0.154 e. The van der Waals surface area contributed by atoms with Crippen LogP contribution in [0, 0.1) is 0 Å². The van der Waals surface area contributed by atoms with Gasteiger partial charge < -0.3 is 4.90 Å². The number of rotatable bonds is 3. The molecule has 0 aliphatic carbocycles. The summed E-state index contributed by atoms with van der Waals surface area (Å²) in [5.41, 5.74) is 1.49. The molecule has 0 spiro atoms. The van der Waals surface area contributed by atoms with Crippen molar-refractivity contribution in [3.63, 3.8) is 0 Å². The average Bonchev–Trinajstić information content (AvgIpc) is 2.63. The van der Waals surface area contributed by atoms with Gasteiger partial charge in [-0.2, -0.15) is 5.10 Å². The van der Waals surface area contributed by atoms with E-state index in [0.29, 0.717) is 0 Å². The molecule has 1 heterocycles. The first-order valence-corrected chi connectivity index (χ1v) is 6.96. The van der Waals surface area contributed by atoms with E-state index >= 15 is 0 Å². The van der Waals surface area contributed by atoms with Gasteiger partial charge in [-0.25, -0.2) is 0 Å². The maximum atomic E-state index is 4.83. The van der Waals surface area contributed by atoms with Gasteiger partial charge >= 0.3 is 0 Å². The molecule has 3 heteroatoms. The normalized spacial score (nSPS) is 12.9. The molecule has 3 nitrogen and oxygen atoms in total. The van der Waals surface area contributed by atoms with Gasteiger partial charge in [0.1, 0.15) is 0 Å². The molecule has 0 atom stereocenters. The molecule has 0 aliphatic heterocycles. The second-order valence-electron chi connectivity index (χ2n) is 6.90. The lowest BCUT2D eigenvalue weighted by Gasteiger charge is -2.25. The van der Waals surface area contributed by atoms with Crippen molar-refractivity contribution in [2.45, 2.75) is 66.3 Å². The average molecular weight is 251 g/mol. The summed E-state index contributed by atoms with van der Waals surface area (Å²) in [5, 5.41) is 4.83. The van der Waals surface area contributed by atoms with E-state index in [2.05, 4.69) is 71.2 Å². The van der Waals surface area contributed by atoms with Gasteiger partial charge in [0, 0.05) is 24.8 Å². The van der Waals surface area contributed by atoms with Gasteiger partial charge in [-0.1, -0.05) is 20.8 Å². The largest absolute Gasteiger partial charge is 0.355 e. The van der Waals surface area contributed by atoms with Gasteiger partial charge in [-0.05, 0) is 40.0 Å². The van der Waals surface area contributed by atoms with E-state index in [-0.39, 0.29) is 11.0 Å². The molecular formula is C15H29N3. The van der Waals surface area contributed by atoms with Crippen molar-refractivity contribution < 1.29 is 0 Å². The summed E-state index contributed by atoms with van der Waals surface area (Å²) in [6.45, 7) is 19.7. The third-order valence-corrected chi connectivity index (χ3v) is 3.25. The van der Waals surface area contributed by atoms with Crippen LogP contribution in [-0.4, -0.2) is 22.9 Å². The van der Waals surface area contributed by atoms with Crippen LogP contribution in [-0.2, 0) is 11.0 Å². The molecule has 104 valence electrons. The molecule has 0 aromatic carbocycles. The van der Waals surface area contributed by atoms with Crippen molar-refractivity contribution in [3.05, 3.63) is 11.8 Å². The maximum absolute atomic E-state index is 4.83. The fourth-order valence-corrected chi connectivity index (χ4v) is 1.99. The Morgan fingerprint density at radius 2 is 1.56 bits per heavy atom. The third kappa shape index (κ3) is 3.06. The van der Waals surface area contributed by atoms with Gasteiger partial charge in [0.05, 0.1) is 5.54 Å². The minimum absolute atomic E-state index is 0.0331. The molecule has 0 fully saturated rings. The second-order valence-corrected chi connectivity index (χ2v) is 6.90. The Morgan fingerprint density at radius 3 is 1.89 bits per heavy atom. The van der Waals surface area contributed by atoms with Crippen LogP contribution in [0.15, 0.2) is 6.20 Å². The molecule has 0 bridgehead atoms. The van der Waals surface area contributed by atoms with Crippen molar-refractivity contribution in [1.82, 2.24) is 9.78 Å². The molecule has 0 amide bonds. The Balaban J connectivity index is 3.35. The van der Waals surface area contributed by atoms with Crippen LogP contribution in [0.4, 0.5) is 5.82 Å². The highest BCUT2D eigenvalue weighted by molar-refractivity contribution is 5.49. The molecule has 1 aromatic heterocycles. The highest BCUT2D eigenvalue weighted by Gasteiger charge is 2.27. The lowest BCUT2D eigenvalue weighted by molar-refractivity contribution is 0.354. The van der Waals surface area contributed by atoms with Crippen molar-refractivity contribution in [1.29, 1.82) is 0 Å². The Bertz CT molecular complexity index is 387. The molecule has 18 heavy (non-hydrogen) atoms. The van der Waals surface area contributed by atoms with Crippen LogP contribution < -0.4 is 4.90 Å². The molecule has 1 aromatic rings. The molecule has 0 N–H and O–H groups in total. The molecule has 0 saturated carbocycles. The lowest BCUT2D eigenvalue weighted by Crippen LogP contribution is -2.26. The molecule has 0 radical (unpaired) electrons. The van der Waals surface area contributed by atoms with Gasteiger partial charge in [0.2, 0.25) is 0 Å². The minimum atomic E-state index is 0.0331. The summed E-state index contributed by atoms with van der Waals surface area (Å²) >= 11 is 0. The van der Waals surface area contributed by atoms with Crippen LogP contribution in [0.5, 0.6) is 0 Å². The van der Waals surface area contributed by atoms with Crippen molar-refractivity contribution in [2.24, 2.45) is 0 Å². The summed E-state index contributed by atoms with van der Waals surface area (Å²) in [5.74, 6) is 1.14. The first-order chi connectivity index (χ1) is 8.11. The Hall–Kier alpha value is -0.990. The molecule has 0 unspecified atom stereocenters. The Kier molecular flexibility index (Phi) is 4.14. The topological polar surface area (TPSA) is 21.1 Å². The molecular weight excluding hydrogens is 222 g/mol. The lowest BCUT2D eigenvalue weighted by atomic mass is 9.88. The molecule has 1 rings (SSSR count). The predicted molar refractivity (Wildman–Crippen MR) is 79.5 cm³/mol. The molecule has 0 aliphatic rings. The zero-order chi connectivity index (χ0) is 14.1. The van der Waals surface area contributed by atoms with E-state index in [1.54, 1.807) is 0 Å². The zero-order valence-electron chi connectivity index (χ0n) is 13.3. The van der Waals surface area contributed by atoms with Crippen LogP contribution >= 0.6 is 0 Å². The van der Waals surface area contributed by atoms with E-state index in [0.717, 1.165) is 18.9 Å². The van der Waals surface area contributed by atoms with Gasteiger partial charge in [0.25, 0.3) is 0 Å². The summed E-state index contributed by atoms with van der Waals surface area (Å²) in [7, 11) is 0. The molecule has 0 saturated heterocycles. The van der Waals surface area contributed by atoms with E-state index in [4.69, 9.17) is 5.10 Å².